The van der Waals surface area contributed by atoms with Crippen LogP contribution >= 0.6 is 0 Å². The van der Waals surface area contributed by atoms with E-state index in [2.05, 4.69) is 66.4 Å². The monoisotopic (exact) mass is 260 g/mol. The van der Waals surface area contributed by atoms with Crippen LogP contribution in [-0.4, -0.2) is 6.10 Å². The van der Waals surface area contributed by atoms with Crippen LogP contribution in [0.25, 0.3) is 0 Å². The van der Waals surface area contributed by atoms with Crippen LogP contribution in [0.4, 0.5) is 0 Å². The van der Waals surface area contributed by atoms with Gasteiger partial charge in [-0.2, -0.15) is 0 Å². The maximum Gasteiger partial charge on any atom is 0.173 e. The molecule has 1 heterocycles. The summed E-state index contributed by atoms with van der Waals surface area (Å²) < 4.78 is 5.74. The lowest BCUT2D eigenvalue weighted by Gasteiger charge is -2.23. The molecule has 2 aliphatic rings. The van der Waals surface area contributed by atoms with E-state index in [1.807, 2.05) is 0 Å². The van der Waals surface area contributed by atoms with Gasteiger partial charge in [0, 0.05) is 17.9 Å². The van der Waals surface area contributed by atoms with Crippen LogP contribution in [0.1, 0.15) is 61.3 Å². The molecule has 2 unspecified atom stereocenters. The Labute approximate surface area is 119 Å². The highest BCUT2D eigenvalue weighted by Gasteiger charge is 2.27. The molecule has 2 atom stereocenters. The molecule has 0 spiro atoms. The fourth-order valence-corrected chi connectivity index (χ4v) is 2.14. The Hall–Kier alpha value is -1.16. The maximum atomic E-state index is 5.74. The zero-order valence-electron chi connectivity index (χ0n) is 13.6. The first kappa shape index (κ1) is 15.9. The minimum atomic E-state index is 0.194. The van der Waals surface area contributed by atoms with Gasteiger partial charge in [-0.25, -0.2) is 0 Å². The summed E-state index contributed by atoms with van der Waals surface area (Å²) in [6.07, 6.45) is 4.84. The number of hydrogen-bond donors (Lipinski definition) is 0. The van der Waals surface area contributed by atoms with Gasteiger partial charge in [-0.1, -0.05) is 53.0 Å². The van der Waals surface area contributed by atoms with E-state index < -0.39 is 0 Å². The highest BCUT2D eigenvalue weighted by molar-refractivity contribution is 5.47. The summed E-state index contributed by atoms with van der Waals surface area (Å²) >= 11 is 0. The molecule has 1 aliphatic heterocycles. The molecule has 0 radical (unpaired) electrons. The van der Waals surface area contributed by atoms with Gasteiger partial charge in [0.05, 0.1) is 0 Å². The van der Waals surface area contributed by atoms with E-state index >= 15 is 0 Å². The Bertz CT molecular complexity index is 435. The van der Waals surface area contributed by atoms with Gasteiger partial charge in [-0.05, 0) is 30.8 Å². The van der Waals surface area contributed by atoms with Crippen molar-refractivity contribution in [3.05, 3.63) is 23.0 Å². The summed E-state index contributed by atoms with van der Waals surface area (Å²) in [5.74, 6) is 7.78. The van der Waals surface area contributed by atoms with E-state index in [1.54, 1.807) is 0 Å². The molecule has 1 nitrogen and oxygen atoms in total. The molecule has 0 saturated carbocycles. The molecule has 2 rings (SSSR count). The summed E-state index contributed by atoms with van der Waals surface area (Å²) in [6.45, 7) is 15.2. The Morgan fingerprint density at radius 2 is 1.89 bits per heavy atom. The van der Waals surface area contributed by atoms with Crippen LogP contribution in [0, 0.1) is 23.2 Å². The Kier molecular flexibility index (Phi) is 5.29. The molecule has 0 saturated heterocycles. The molecule has 0 aromatic rings. The zero-order valence-corrected chi connectivity index (χ0v) is 13.6. The number of ether oxygens (including phenoxy) is 1. The van der Waals surface area contributed by atoms with Gasteiger partial charge in [0.1, 0.15) is 6.10 Å². The second kappa shape index (κ2) is 6.33. The van der Waals surface area contributed by atoms with E-state index in [9.17, 15) is 0 Å². The predicted octanol–water partition coefficient (Wildman–Crippen LogP) is 5.09. The molecule has 1 heteroatoms. The highest BCUT2D eigenvalue weighted by atomic mass is 16.5. The van der Waals surface area contributed by atoms with Crippen molar-refractivity contribution in [1.82, 2.24) is 0 Å². The molecule has 1 aliphatic carbocycles. The standard InChI is InChI=1S/C15H20O.C3H8/c1-10-8-12(15(3,4)5)6-7-14-13(10)9-11(2)16-14;1-3-2/h8,11-12H,9H2,1-5H3;3H2,1-2H3. The van der Waals surface area contributed by atoms with Gasteiger partial charge < -0.3 is 4.74 Å². The molecule has 106 valence electrons. The summed E-state index contributed by atoms with van der Waals surface area (Å²) in [4.78, 5) is 0. The molecule has 0 bridgehead atoms. The van der Waals surface area contributed by atoms with Crippen molar-refractivity contribution in [2.75, 3.05) is 0 Å². The summed E-state index contributed by atoms with van der Waals surface area (Å²) in [7, 11) is 0. The molecule has 0 amide bonds. The fourth-order valence-electron chi connectivity index (χ4n) is 2.14. The molecular formula is C18H28O. The first-order valence-electron chi connectivity index (χ1n) is 7.39. The normalized spacial score (nSPS) is 25.1. The zero-order chi connectivity index (χ0) is 14.6. The second-order valence-corrected chi connectivity index (χ2v) is 6.61. The van der Waals surface area contributed by atoms with Gasteiger partial charge in [0.25, 0.3) is 0 Å². The largest absolute Gasteiger partial charge is 0.482 e. The minimum Gasteiger partial charge on any atom is -0.482 e. The van der Waals surface area contributed by atoms with Gasteiger partial charge in [-0.3, -0.25) is 0 Å². The SMILES string of the molecule is CC1=CC(C(C)(C)C)C#CC2=C1CC(C)O2.CCC. The van der Waals surface area contributed by atoms with Gasteiger partial charge >= 0.3 is 0 Å². The number of rotatable bonds is 0. The Morgan fingerprint density at radius 1 is 1.32 bits per heavy atom. The lowest BCUT2D eigenvalue weighted by molar-refractivity contribution is 0.172. The summed E-state index contributed by atoms with van der Waals surface area (Å²) in [6, 6.07) is 0. The van der Waals surface area contributed by atoms with Crippen LogP contribution in [0.2, 0.25) is 0 Å². The topological polar surface area (TPSA) is 9.23 Å². The van der Waals surface area contributed by atoms with Crippen molar-refractivity contribution < 1.29 is 4.74 Å². The smallest absolute Gasteiger partial charge is 0.173 e. The molecule has 0 aromatic heterocycles. The van der Waals surface area contributed by atoms with Gasteiger partial charge in [0.2, 0.25) is 0 Å². The highest BCUT2D eigenvalue weighted by Crippen LogP contribution is 2.35. The van der Waals surface area contributed by atoms with E-state index in [4.69, 9.17) is 4.74 Å². The third-order valence-corrected chi connectivity index (χ3v) is 3.25. The van der Waals surface area contributed by atoms with Crippen LogP contribution in [-0.2, 0) is 4.74 Å². The van der Waals surface area contributed by atoms with Gasteiger partial charge in [0.15, 0.2) is 5.76 Å². The van der Waals surface area contributed by atoms with E-state index in [1.165, 1.54) is 17.6 Å². The molecular weight excluding hydrogens is 232 g/mol. The van der Waals surface area contributed by atoms with Crippen LogP contribution in [0.3, 0.4) is 0 Å². The Morgan fingerprint density at radius 3 is 2.42 bits per heavy atom. The average Bonchev–Trinajstić information content (AvgIpc) is 2.58. The van der Waals surface area contributed by atoms with Gasteiger partial charge in [-0.15, -0.1) is 0 Å². The van der Waals surface area contributed by atoms with E-state index in [-0.39, 0.29) is 11.5 Å². The number of allylic oxidation sites excluding steroid dienone is 3. The lowest BCUT2D eigenvalue weighted by Crippen LogP contribution is -2.17. The van der Waals surface area contributed by atoms with Crippen molar-refractivity contribution in [3.8, 4) is 11.8 Å². The van der Waals surface area contributed by atoms with Crippen molar-refractivity contribution in [1.29, 1.82) is 0 Å². The predicted molar refractivity (Wildman–Crippen MR) is 82.6 cm³/mol. The van der Waals surface area contributed by atoms with Crippen molar-refractivity contribution in [2.24, 2.45) is 11.3 Å². The maximum absolute atomic E-state index is 5.74. The second-order valence-electron chi connectivity index (χ2n) is 6.61. The first-order valence-corrected chi connectivity index (χ1v) is 7.39. The third-order valence-electron chi connectivity index (χ3n) is 3.25. The summed E-state index contributed by atoms with van der Waals surface area (Å²) in [5.41, 5.74) is 2.84. The van der Waals surface area contributed by atoms with E-state index in [0.717, 1.165) is 12.2 Å². The molecule has 19 heavy (non-hydrogen) atoms. The lowest BCUT2D eigenvalue weighted by atomic mass is 9.80. The first-order chi connectivity index (χ1) is 8.79. The number of hydrogen-bond acceptors (Lipinski definition) is 1. The molecule has 0 N–H and O–H groups in total. The van der Waals surface area contributed by atoms with Crippen LogP contribution in [0.5, 0.6) is 0 Å². The van der Waals surface area contributed by atoms with Crippen molar-refractivity contribution in [2.45, 2.75) is 67.4 Å². The molecule has 0 aromatic carbocycles. The fraction of sp³-hybridized carbons (Fsp3) is 0.667. The molecule has 0 fully saturated rings. The van der Waals surface area contributed by atoms with Crippen LogP contribution in [0.15, 0.2) is 23.0 Å². The summed E-state index contributed by atoms with van der Waals surface area (Å²) in [5, 5.41) is 0. The minimum absolute atomic E-state index is 0.194. The average molecular weight is 260 g/mol. The Balaban J connectivity index is 0.000000550. The van der Waals surface area contributed by atoms with E-state index in [0.29, 0.717) is 5.92 Å². The van der Waals surface area contributed by atoms with Crippen LogP contribution < -0.4 is 0 Å². The third kappa shape index (κ3) is 4.16. The van der Waals surface area contributed by atoms with Crippen molar-refractivity contribution in [3.63, 3.8) is 0 Å². The quantitative estimate of drug-likeness (QED) is 0.551. The van der Waals surface area contributed by atoms with Crippen molar-refractivity contribution >= 4 is 0 Å².